The van der Waals surface area contributed by atoms with Crippen LogP contribution in [0.1, 0.15) is 52.6 Å². The molecule has 0 aliphatic heterocycles. The second kappa shape index (κ2) is 11.7. The van der Waals surface area contributed by atoms with Crippen molar-refractivity contribution in [3.05, 3.63) is 94.5 Å². The number of primary amides is 1. The lowest BCUT2D eigenvalue weighted by molar-refractivity contribution is -0.120. The van der Waals surface area contributed by atoms with Gasteiger partial charge in [-0.05, 0) is 66.8 Å². The van der Waals surface area contributed by atoms with Gasteiger partial charge in [0.15, 0.2) is 0 Å². The molecule has 0 saturated carbocycles. The molecule has 0 radical (unpaired) electrons. The molecule has 0 aliphatic rings. The Morgan fingerprint density at radius 2 is 1.56 bits per heavy atom. The van der Waals surface area contributed by atoms with Gasteiger partial charge in [-0.15, -0.1) is 0 Å². The molecule has 8 heteroatoms. The Hall–Kier alpha value is -3.88. The fourth-order valence-electron chi connectivity index (χ4n) is 3.96. The monoisotopic (exact) mass is 491 g/mol. The Morgan fingerprint density at radius 3 is 2.19 bits per heavy atom. The molecule has 3 aromatic rings. The number of nitrogens with two attached hydrogens (primary N) is 1. The van der Waals surface area contributed by atoms with Gasteiger partial charge in [0.05, 0.1) is 12.5 Å². The molecule has 0 heterocycles. The summed E-state index contributed by atoms with van der Waals surface area (Å²) in [5.41, 5.74) is 8.54. The number of phenols is 2. The van der Waals surface area contributed by atoms with Crippen LogP contribution in [0, 0.1) is 0 Å². The van der Waals surface area contributed by atoms with Crippen LogP contribution in [0.4, 0.5) is 0 Å². The first-order chi connectivity index (χ1) is 17.0. The fourth-order valence-corrected chi connectivity index (χ4v) is 3.96. The van der Waals surface area contributed by atoms with E-state index in [-0.39, 0.29) is 35.9 Å². The van der Waals surface area contributed by atoms with E-state index in [9.17, 15) is 24.9 Å². The van der Waals surface area contributed by atoms with Gasteiger partial charge in [-0.2, -0.15) is 0 Å². The number of aromatic hydroxyl groups is 2. The van der Waals surface area contributed by atoms with Crippen LogP contribution in [0.2, 0.25) is 0 Å². The minimum absolute atomic E-state index is 0.106. The van der Waals surface area contributed by atoms with Crippen LogP contribution in [0.15, 0.2) is 66.7 Å². The zero-order chi connectivity index (χ0) is 26.3. The largest absolute Gasteiger partial charge is 0.508 e. The normalized spacial score (nSPS) is 12.2. The zero-order valence-electron chi connectivity index (χ0n) is 20.5. The van der Waals surface area contributed by atoms with Gasteiger partial charge in [0.25, 0.3) is 0 Å². The Kier molecular flexibility index (Phi) is 8.68. The number of phenolic OH excluding ortho intramolecular Hbond substituents is 2. The van der Waals surface area contributed by atoms with E-state index < -0.39 is 12.0 Å². The number of β-amino-alcohol motifs (C(OH)–C–C–N with tert-alkyl or cyclic N) is 1. The maximum Gasteiger partial charge on any atom is 0.248 e. The average Bonchev–Trinajstić information content (AvgIpc) is 2.81. The molecule has 8 nitrogen and oxygen atoms in total. The highest BCUT2D eigenvalue weighted by atomic mass is 16.3. The van der Waals surface area contributed by atoms with Gasteiger partial charge in [0.1, 0.15) is 11.5 Å². The Bertz CT molecular complexity index is 1190. The minimum Gasteiger partial charge on any atom is -0.508 e. The van der Waals surface area contributed by atoms with E-state index in [1.54, 1.807) is 24.3 Å². The van der Waals surface area contributed by atoms with Crippen molar-refractivity contribution in [1.82, 2.24) is 10.6 Å². The molecular formula is C28H33N3O5. The van der Waals surface area contributed by atoms with E-state index in [1.165, 1.54) is 18.2 Å². The van der Waals surface area contributed by atoms with Crippen molar-refractivity contribution in [3.8, 4) is 11.5 Å². The SMILES string of the molecule is CC(C)(Cc1cccc(CC(=O)NCc2ccc(C(N)=O)cc2)c1)NCC(O)c1cc(O)cc(O)c1. The van der Waals surface area contributed by atoms with Crippen molar-refractivity contribution in [1.29, 1.82) is 0 Å². The van der Waals surface area contributed by atoms with Crippen LogP contribution in [-0.4, -0.2) is 39.2 Å². The summed E-state index contributed by atoms with van der Waals surface area (Å²) in [6, 6.07) is 18.7. The summed E-state index contributed by atoms with van der Waals surface area (Å²) in [5.74, 6) is -0.812. The molecule has 0 aliphatic carbocycles. The van der Waals surface area contributed by atoms with Gasteiger partial charge in [-0.3, -0.25) is 9.59 Å². The minimum atomic E-state index is -0.899. The van der Waals surface area contributed by atoms with Gasteiger partial charge >= 0.3 is 0 Å². The smallest absolute Gasteiger partial charge is 0.248 e. The van der Waals surface area contributed by atoms with Crippen molar-refractivity contribution in [3.63, 3.8) is 0 Å². The molecule has 2 amide bonds. The molecule has 0 fully saturated rings. The molecule has 0 spiro atoms. The zero-order valence-corrected chi connectivity index (χ0v) is 20.5. The molecule has 7 N–H and O–H groups in total. The summed E-state index contributed by atoms with van der Waals surface area (Å²) in [6.07, 6.45) is -0.00251. The predicted molar refractivity (Wildman–Crippen MR) is 137 cm³/mol. The number of rotatable bonds is 11. The third kappa shape index (κ3) is 8.11. The number of aliphatic hydroxyl groups is 1. The topological polar surface area (TPSA) is 145 Å². The number of carbonyl (C=O) groups excluding carboxylic acids is 2. The van der Waals surface area contributed by atoms with Gasteiger partial charge in [-0.25, -0.2) is 0 Å². The number of hydrogen-bond donors (Lipinski definition) is 6. The van der Waals surface area contributed by atoms with Crippen LogP contribution in [0.25, 0.3) is 0 Å². The third-order valence-electron chi connectivity index (χ3n) is 5.81. The standard InChI is InChI=1S/C28H33N3O5/c1-28(2,31-17-25(34)22-12-23(32)14-24(33)13-22)15-20-5-3-4-19(10-20)11-26(35)30-16-18-6-8-21(9-7-18)27(29)36/h3-10,12-14,25,31-34H,11,15-17H2,1-2H3,(H2,29,36)(H,30,35). The number of hydrogen-bond acceptors (Lipinski definition) is 6. The second-order valence-corrected chi connectivity index (χ2v) is 9.57. The molecule has 0 aromatic heterocycles. The molecule has 3 rings (SSSR count). The Morgan fingerprint density at radius 1 is 0.917 bits per heavy atom. The lowest BCUT2D eigenvalue weighted by Gasteiger charge is -2.28. The fraction of sp³-hybridized carbons (Fsp3) is 0.286. The van der Waals surface area contributed by atoms with Gasteiger partial charge < -0.3 is 31.7 Å². The molecule has 3 aromatic carbocycles. The van der Waals surface area contributed by atoms with Crippen LogP contribution in [0.5, 0.6) is 11.5 Å². The highest BCUT2D eigenvalue weighted by Gasteiger charge is 2.20. The lowest BCUT2D eigenvalue weighted by atomic mass is 9.93. The maximum absolute atomic E-state index is 12.5. The van der Waals surface area contributed by atoms with E-state index >= 15 is 0 Å². The summed E-state index contributed by atoms with van der Waals surface area (Å²) < 4.78 is 0. The Balaban J connectivity index is 1.51. The van der Waals surface area contributed by atoms with Gasteiger partial charge in [0, 0.05) is 30.3 Å². The molecule has 36 heavy (non-hydrogen) atoms. The molecule has 190 valence electrons. The first-order valence-corrected chi connectivity index (χ1v) is 11.7. The van der Waals surface area contributed by atoms with Crippen molar-refractivity contribution in [2.75, 3.05) is 6.54 Å². The first kappa shape index (κ1) is 26.7. The number of nitrogens with one attached hydrogen (secondary N) is 2. The average molecular weight is 492 g/mol. The predicted octanol–water partition coefficient (Wildman–Crippen LogP) is 2.70. The first-order valence-electron chi connectivity index (χ1n) is 11.7. The number of carbonyl (C=O) groups is 2. The van der Waals surface area contributed by atoms with Crippen LogP contribution in [0.3, 0.4) is 0 Å². The molecule has 0 bridgehead atoms. The molecule has 1 atom stereocenters. The Labute approximate surface area is 210 Å². The number of amides is 2. The summed E-state index contributed by atoms with van der Waals surface area (Å²) in [7, 11) is 0. The van der Waals surface area contributed by atoms with Gasteiger partial charge in [-0.1, -0.05) is 36.4 Å². The van der Waals surface area contributed by atoms with Gasteiger partial charge in [0.2, 0.25) is 11.8 Å². The van der Waals surface area contributed by atoms with E-state index in [4.69, 9.17) is 5.73 Å². The highest BCUT2D eigenvalue weighted by molar-refractivity contribution is 5.92. The molecule has 1 unspecified atom stereocenters. The highest BCUT2D eigenvalue weighted by Crippen LogP contribution is 2.25. The quantitative estimate of drug-likeness (QED) is 0.243. The molecule has 0 saturated heterocycles. The van der Waals surface area contributed by atoms with Crippen LogP contribution in [-0.2, 0) is 24.2 Å². The van der Waals surface area contributed by atoms with Crippen molar-refractivity contribution >= 4 is 11.8 Å². The second-order valence-electron chi connectivity index (χ2n) is 9.57. The van der Waals surface area contributed by atoms with Crippen molar-refractivity contribution in [2.24, 2.45) is 5.73 Å². The van der Waals surface area contributed by atoms with E-state index in [0.29, 0.717) is 24.1 Å². The summed E-state index contributed by atoms with van der Waals surface area (Å²) in [5, 5.41) is 36.0. The van der Waals surface area contributed by atoms with E-state index in [2.05, 4.69) is 10.6 Å². The third-order valence-corrected chi connectivity index (χ3v) is 5.81. The number of benzene rings is 3. The van der Waals surface area contributed by atoms with Crippen molar-refractivity contribution < 1.29 is 24.9 Å². The number of aliphatic hydroxyl groups excluding tert-OH is 1. The maximum atomic E-state index is 12.5. The van der Waals surface area contributed by atoms with Crippen molar-refractivity contribution in [2.45, 2.75) is 44.9 Å². The van der Waals surface area contributed by atoms with Crippen LogP contribution >= 0.6 is 0 Å². The summed E-state index contributed by atoms with van der Waals surface area (Å²) in [4.78, 5) is 23.6. The molecular weight excluding hydrogens is 458 g/mol. The van der Waals surface area contributed by atoms with Crippen LogP contribution < -0.4 is 16.4 Å². The summed E-state index contributed by atoms with van der Waals surface area (Å²) in [6.45, 7) is 4.62. The lowest BCUT2D eigenvalue weighted by Crippen LogP contribution is -2.43. The summed E-state index contributed by atoms with van der Waals surface area (Å²) >= 11 is 0. The van der Waals surface area contributed by atoms with E-state index in [1.807, 2.05) is 38.1 Å². The van der Waals surface area contributed by atoms with E-state index in [0.717, 1.165) is 16.7 Å².